The molecule has 0 amide bonds. The molecule has 0 N–H and O–H groups in total. The van der Waals surface area contributed by atoms with Gasteiger partial charge in [0.05, 0.1) is 25.2 Å². The minimum Gasteiger partial charge on any atom is -0.492 e. The van der Waals surface area contributed by atoms with Gasteiger partial charge in [0.2, 0.25) is 6.08 Å². The lowest BCUT2D eigenvalue weighted by molar-refractivity contribution is 0.334. The SMILES string of the molecule is COc1c(CN=C=O)cc(Br)c(F)c1OC. The van der Waals surface area contributed by atoms with Crippen LogP contribution in [-0.4, -0.2) is 20.3 Å². The minimum atomic E-state index is -0.557. The number of halogens is 2. The van der Waals surface area contributed by atoms with E-state index in [1.165, 1.54) is 26.4 Å². The largest absolute Gasteiger partial charge is 0.492 e. The van der Waals surface area contributed by atoms with E-state index < -0.39 is 5.82 Å². The fourth-order valence-corrected chi connectivity index (χ4v) is 1.73. The molecule has 0 saturated carbocycles. The van der Waals surface area contributed by atoms with E-state index in [4.69, 9.17) is 9.47 Å². The van der Waals surface area contributed by atoms with Crippen LogP contribution in [0.5, 0.6) is 11.5 Å². The van der Waals surface area contributed by atoms with Crippen LogP contribution in [0.1, 0.15) is 5.56 Å². The Hall–Kier alpha value is -1.39. The molecule has 0 heterocycles. The molecule has 4 nitrogen and oxygen atoms in total. The van der Waals surface area contributed by atoms with Gasteiger partial charge in [0, 0.05) is 5.56 Å². The van der Waals surface area contributed by atoms with Gasteiger partial charge in [-0.05, 0) is 22.0 Å². The predicted molar refractivity (Wildman–Crippen MR) is 59.0 cm³/mol. The first kappa shape index (κ1) is 12.7. The molecular weight excluding hydrogens is 281 g/mol. The molecule has 0 aliphatic heterocycles. The monoisotopic (exact) mass is 289 g/mol. The van der Waals surface area contributed by atoms with Gasteiger partial charge in [-0.15, -0.1) is 0 Å². The number of aliphatic imine (C=N–C) groups is 1. The van der Waals surface area contributed by atoms with Crippen LogP contribution in [0.2, 0.25) is 0 Å². The molecule has 0 aliphatic carbocycles. The van der Waals surface area contributed by atoms with E-state index in [2.05, 4.69) is 20.9 Å². The van der Waals surface area contributed by atoms with Crippen molar-refractivity contribution in [3.8, 4) is 11.5 Å². The summed E-state index contributed by atoms with van der Waals surface area (Å²) in [4.78, 5) is 13.4. The van der Waals surface area contributed by atoms with E-state index in [0.29, 0.717) is 5.56 Å². The Morgan fingerprint density at radius 2 is 2.06 bits per heavy atom. The van der Waals surface area contributed by atoms with Crippen LogP contribution in [0.3, 0.4) is 0 Å². The molecule has 0 unspecified atom stereocenters. The van der Waals surface area contributed by atoms with Crippen LogP contribution in [0, 0.1) is 5.82 Å². The zero-order valence-corrected chi connectivity index (χ0v) is 10.3. The van der Waals surface area contributed by atoms with Crippen molar-refractivity contribution < 1.29 is 18.7 Å². The van der Waals surface area contributed by atoms with Gasteiger partial charge in [-0.2, -0.15) is 0 Å². The zero-order valence-electron chi connectivity index (χ0n) is 8.71. The van der Waals surface area contributed by atoms with Crippen molar-refractivity contribution in [3.05, 3.63) is 21.9 Å². The van der Waals surface area contributed by atoms with Crippen LogP contribution in [0.25, 0.3) is 0 Å². The molecule has 1 rings (SSSR count). The van der Waals surface area contributed by atoms with Gasteiger partial charge in [0.25, 0.3) is 0 Å². The van der Waals surface area contributed by atoms with Crippen molar-refractivity contribution in [2.45, 2.75) is 6.54 Å². The second-order valence-electron chi connectivity index (χ2n) is 2.81. The topological polar surface area (TPSA) is 47.9 Å². The molecule has 86 valence electrons. The Kier molecular flexibility index (Phi) is 4.46. The Morgan fingerprint density at radius 3 is 2.56 bits per heavy atom. The number of isocyanates is 1. The third kappa shape index (κ3) is 2.40. The zero-order chi connectivity index (χ0) is 12.1. The molecule has 0 radical (unpaired) electrons. The lowest BCUT2D eigenvalue weighted by Crippen LogP contribution is -1.99. The third-order valence-electron chi connectivity index (χ3n) is 1.93. The summed E-state index contributed by atoms with van der Waals surface area (Å²) >= 11 is 3.04. The highest BCUT2D eigenvalue weighted by Gasteiger charge is 2.18. The Balaban J connectivity index is 3.36. The predicted octanol–water partition coefficient (Wildman–Crippen LogP) is 2.44. The van der Waals surface area contributed by atoms with Crippen molar-refractivity contribution in [2.24, 2.45) is 4.99 Å². The summed E-state index contributed by atoms with van der Waals surface area (Å²) in [5.41, 5.74) is 0.538. The van der Waals surface area contributed by atoms with Crippen molar-refractivity contribution in [1.82, 2.24) is 0 Å². The summed E-state index contributed by atoms with van der Waals surface area (Å²) in [7, 11) is 2.72. The maximum Gasteiger partial charge on any atom is 0.235 e. The van der Waals surface area contributed by atoms with Gasteiger partial charge < -0.3 is 9.47 Å². The van der Waals surface area contributed by atoms with E-state index >= 15 is 0 Å². The molecule has 1 aromatic rings. The fourth-order valence-electron chi connectivity index (χ4n) is 1.28. The van der Waals surface area contributed by atoms with E-state index in [9.17, 15) is 9.18 Å². The van der Waals surface area contributed by atoms with Gasteiger partial charge in [-0.1, -0.05) is 0 Å². The van der Waals surface area contributed by atoms with Crippen LogP contribution in [0.15, 0.2) is 15.5 Å². The first-order valence-electron chi connectivity index (χ1n) is 4.28. The number of rotatable bonds is 4. The minimum absolute atomic E-state index is 0.0204. The van der Waals surface area contributed by atoms with Gasteiger partial charge in [-0.25, -0.2) is 14.2 Å². The molecule has 0 fully saturated rings. The fraction of sp³-hybridized carbons (Fsp3) is 0.300. The standard InChI is InChI=1S/C10H9BrFNO3/c1-15-9-6(4-13-5-14)3-7(11)8(12)10(9)16-2/h3H,4H2,1-2H3. The highest BCUT2D eigenvalue weighted by Crippen LogP contribution is 2.38. The number of benzene rings is 1. The van der Waals surface area contributed by atoms with Crippen molar-refractivity contribution >= 4 is 22.0 Å². The summed E-state index contributed by atoms with van der Waals surface area (Å²) in [6.07, 6.45) is 1.41. The lowest BCUT2D eigenvalue weighted by atomic mass is 10.2. The van der Waals surface area contributed by atoms with E-state index in [1.807, 2.05) is 0 Å². The van der Waals surface area contributed by atoms with Crippen LogP contribution < -0.4 is 9.47 Å². The first-order chi connectivity index (χ1) is 7.65. The molecule has 1 aromatic carbocycles. The van der Waals surface area contributed by atoms with Gasteiger partial charge in [-0.3, -0.25) is 0 Å². The highest BCUT2D eigenvalue weighted by atomic mass is 79.9. The maximum atomic E-state index is 13.6. The van der Waals surface area contributed by atoms with E-state index in [-0.39, 0.29) is 22.5 Å². The van der Waals surface area contributed by atoms with E-state index in [0.717, 1.165) is 0 Å². The van der Waals surface area contributed by atoms with Crippen molar-refractivity contribution in [1.29, 1.82) is 0 Å². The molecular formula is C10H9BrFNO3. The van der Waals surface area contributed by atoms with Crippen molar-refractivity contribution in [3.63, 3.8) is 0 Å². The highest BCUT2D eigenvalue weighted by molar-refractivity contribution is 9.10. The quantitative estimate of drug-likeness (QED) is 0.632. The second-order valence-corrected chi connectivity index (χ2v) is 3.66. The Bertz CT molecular complexity index is 444. The number of hydrogen-bond acceptors (Lipinski definition) is 4. The number of ether oxygens (including phenoxy) is 2. The van der Waals surface area contributed by atoms with E-state index in [1.54, 1.807) is 0 Å². The number of methoxy groups -OCH3 is 2. The average molecular weight is 290 g/mol. The Labute approximate surface area is 100 Å². The molecule has 0 aliphatic rings. The van der Waals surface area contributed by atoms with Crippen LogP contribution in [0.4, 0.5) is 4.39 Å². The molecule has 6 heteroatoms. The molecule has 0 aromatic heterocycles. The van der Waals surface area contributed by atoms with Gasteiger partial charge in [0.1, 0.15) is 0 Å². The number of carbonyl (C=O) groups excluding carboxylic acids is 1. The van der Waals surface area contributed by atoms with Crippen molar-refractivity contribution in [2.75, 3.05) is 14.2 Å². The number of nitrogens with zero attached hydrogens (tertiary/aromatic N) is 1. The summed E-state index contributed by atoms with van der Waals surface area (Å²) in [5, 5.41) is 0. The normalized spacial score (nSPS) is 9.50. The molecule has 0 saturated heterocycles. The summed E-state index contributed by atoms with van der Waals surface area (Å²) in [6.45, 7) is 0.0575. The lowest BCUT2D eigenvalue weighted by Gasteiger charge is -2.13. The maximum absolute atomic E-state index is 13.6. The summed E-state index contributed by atoms with van der Waals surface area (Å²) < 4.78 is 23.7. The Morgan fingerprint density at radius 1 is 1.44 bits per heavy atom. The summed E-state index contributed by atoms with van der Waals surface area (Å²) in [6, 6.07) is 1.48. The molecule has 0 spiro atoms. The molecule has 16 heavy (non-hydrogen) atoms. The summed E-state index contributed by atoms with van der Waals surface area (Å²) in [5.74, 6) is -0.353. The number of hydrogen-bond donors (Lipinski definition) is 0. The smallest absolute Gasteiger partial charge is 0.235 e. The van der Waals surface area contributed by atoms with Crippen LogP contribution >= 0.6 is 15.9 Å². The molecule has 0 atom stereocenters. The average Bonchev–Trinajstić information content (AvgIpc) is 2.29. The third-order valence-corrected chi connectivity index (χ3v) is 2.51. The second kappa shape index (κ2) is 5.63. The van der Waals surface area contributed by atoms with Gasteiger partial charge in [0.15, 0.2) is 17.3 Å². The molecule has 0 bridgehead atoms. The van der Waals surface area contributed by atoms with Crippen LogP contribution in [-0.2, 0) is 11.3 Å². The first-order valence-corrected chi connectivity index (χ1v) is 5.07. The van der Waals surface area contributed by atoms with Gasteiger partial charge >= 0.3 is 0 Å².